The smallest absolute Gasteiger partial charge is 0.170 e. The number of aryl methyl sites for hydroxylation is 2. The van der Waals surface area contributed by atoms with Crippen molar-refractivity contribution < 1.29 is 4.74 Å². The second kappa shape index (κ2) is 4.53. The van der Waals surface area contributed by atoms with Crippen molar-refractivity contribution in [2.75, 3.05) is 0 Å². The first-order valence-electron chi connectivity index (χ1n) is 4.88. The molecule has 4 nitrogen and oxygen atoms in total. The molecule has 1 aromatic heterocycles. The molecule has 0 N–H and O–H groups in total. The van der Waals surface area contributed by atoms with Crippen LogP contribution in [-0.4, -0.2) is 14.8 Å². The molecule has 84 valence electrons. The van der Waals surface area contributed by atoms with E-state index in [1.165, 1.54) is 0 Å². The van der Waals surface area contributed by atoms with Gasteiger partial charge in [-0.25, -0.2) is 0 Å². The molecule has 0 aliphatic heterocycles. The zero-order chi connectivity index (χ0) is 11.5. The van der Waals surface area contributed by atoms with Gasteiger partial charge in [0.15, 0.2) is 5.82 Å². The molecule has 1 heterocycles. The van der Waals surface area contributed by atoms with Gasteiger partial charge in [-0.2, -0.15) is 0 Å². The van der Waals surface area contributed by atoms with E-state index >= 15 is 0 Å². The Balaban J connectivity index is 2.05. The average Bonchev–Trinajstić information content (AvgIpc) is 2.66. The van der Waals surface area contributed by atoms with E-state index in [9.17, 15) is 0 Å². The Hall–Kier alpha value is -1.55. The minimum atomic E-state index is 0.400. The molecule has 0 amide bonds. The van der Waals surface area contributed by atoms with E-state index in [1.807, 2.05) is 36.7 Å². The molecule has 0 saturated heterocycles. The van der Waals surface area contributed by atoms with Crippen LogP contribution in [0.3, 0.4) is 0 Å². The Bertz CT molecular complexity index is 496. The average molecular weight is 238 g/mol. The second-order valence-corrected chi connectivity index (χ2v) is 3.96. The van der Waals surface area contributed by atoms with Crippen LogP contribution in [0.4, 0.5) is 0 Å². The Kier molecular flexibility index (Phi) is 3.10. The summed E-state index contributed by atoms with van der Waals surface area (Å²) in [4.78, 5) is 0. The van der Waals surface area contributed by atoms with Crippen molar-refractivity contribution in [3.63, 3.8) is 0 Å². The van der Waals surface area contributed by atoms with Crippen LogP contribution in [0.1, 0.15) is 11.4 Å². The Morgan fingerprint density at radius 3 is 2.88 bits per heavy atom. The first kappa shape index (κ1) is 11.0. The van der Waals surface area contributed by atoms with Crippen LogP contribution < -0.4 is 4.74 Å². The van der Waals surface area contributed by atoms with E-state index in [-0.39, 0.29) is 0 Å². The lowest BCUT2D eigenvalue weighted by atomic mass is 10.2. The fourth-order valence-corrected chi connectivity index (χ4v) is 1.41. The van der Waals surface area contributed by atoms with Gasteiger partial charge in [0.1, 0.15) is 18.7 Å². The molecule has 0 bridgehead atoms. The van der Waals surface area contributed by atoms with Crippen molar-refractivity contribution in [1.29, 1.82) is 0 Å². The van der Waals surface area contributed by atoms with Crippen LogP contribution in [0.2, 0.25) is 5.02 Å². The van der Waals surface area contributed by atoms with Gasteiger partial charge in [-0.15, -0.1) is 10.2 Å². The lowest BCUT2D eigenvalue weighted by Gasteiger charge is -2.06. The third-order valence-electron chi connectivity index (χ3n) is 2.30. The summed E-state index contributed by atoms with van der Waals surface area (Å²) in [6.45, 7) is 2.34. The van der Waals surface area contributed by atoms with Gasteiger partial charge in [0.2, 0.25) is 0 Å². The molecule has 0 fully saturated rings. The van der Waals surface area contributed by atoms with Crippen molar-refractivity contribution in [3.8, 4) is 5.75 Å². The number of hydrogen-bond donors (Lipinski definition) is 0. The largest absolute Gasteiger partial charge is 0.486 e. The normalized spacial score (nSPS) is 10.4. The highest BCUT2D eigenvalue weighted by Gasteiger charge is 2.03. The topological polar surface area (TPSA) is 39.9 Å². The molecule has 0 unspecified atom stereocenters. The highest BCUT2D eigenvalue weighted by molar-refractivity contribution is 6.31. The van der Waals surface area contributed by atoms with Crippen molar-refractivity contribution in [1.82, 2.24) is 14.8 Å². The molecule has 2 aromatic rings. The number of nitrogens with zero attached hydrogens (tertiary/aromatic N) is 3. The molecule has 1 aromatic carbocycles. The molecule has 0 atom stereocenters. The molecular formula is C11H12ClN3O. The number of aromatic nitrogens is 3. The fourth-order valence-electron chi connectivity index (χ4n) is 1.29. The summed E-state index contributed by atoms with van der Waals surface area (Å²) >= 11 is 5.92. The monoisotopic (exact) mass is 237 g/mol. The Morgan fingerprint density at radius 1 is 1.44 bits per heavy atom. The Labute approximate surface area is 98.8 Å². The van der Waals surface area contributed by atoms with E-state index in [0.717, 1.165) is 22.2 Å². The molecule has 0 spiro atoms. The van der Waals surface area contributed by atoms with Crippen molar-refractivity contribution in [3.05, 3.63) is 40.9 Å². The number of halogens is 1. The van der Waals surface area contributed by atoms with Crippen molar-refractivity contribution >= 4 is 11.6 Å². The van der Waals surface area contributed by atoms with Gasteiger partial charge >= 0.3 is 0 Å². The first-order chi connectivity index (χ1) is 7.66. The summed E-state index contributed by atoms with van der Waals surface area (Å²) in [5, 5.41) is 8.45. The molecule has 0 aliphatic carbocycles. The molecule has 0 saturated carbocycles. The SMILES string of the molecule is Cc1cc(OCc2nncn2C)ccc1Cl. The maximum atomic E-state index is 5.92. The van der Waals surface area contributed by atoms with Crippen molar-refractivity contribution in [2.45, 2.75) is 13.5 Å². The van der Waals surface area contributed by atoms with E-state index in [2.05, 4.69) is 10.2 Å². The lowest BCUT2D eigenvalue weighted by molar-refractivity contribution is 0.291. The molecule has 0 radical (unpaired) electrons. The fraction of sp³-hybridized carbons (Fsp3) is 0.273. The maximum Gasteiger partial charge on any atom is 0.170 e. The number of hydrogen-bond acceptors (Lipinski definition) is 3. The van der Waals surface area contributed by atoms with Gasteiger partial charge in [0.05, 0.1) is 0 Å². The van der Waals surface area contributed by atoms with E-state index in [0.29, 0.717) is 6.61 Å². The molecule has 2 rings (SSSR count). The quantitative estimate of drug-likeness (QED) is 0.823. The molecule has 0 aliphatic rings. The second-order valence-electron chi connectivity index (χ2n) is 3.56. The summed E-state index contributed by atoms with van der Waals surface area (Å²) in [6, 6.07) is 5.56. The summed E-state index contributed by atoms with van der Waals surface area (Å²) in [6.07, 6.45) is 1.64. The minimum absolute atomic E-state index is 0.400. The summed E-state index contributed by atoms with van der Waals surface area (Å²) in [5.41, 5.74) is 0.997. The number of benzene rings is 1. The van der Waals surface area contributed by atoms with Crippen LogP contribution in [0.25, 0.3) is 0 Å². The zero-order valence-corrected chi connectivity index (χ0v) is 9.90. The summed E-state index contributed by atoms with van der Waals surface area (Å²) in [7, 11) is 1.88. The van der Waals surface area contributed by atoms with E-state index < -0.39 is 0 Å². The van der Waals surface area contributed by atoms with E-state index in [4.69, 9.17) is 16.3 Å². The van der Waals surface area contributed by atoms with Gasteiger partial charge in [-0.1, -0.05) is 11.6 Å². The predicted molar refractivity (Wildman–Crippen MR) is 61.5 cm³/mol. The number of ether oxygens (including phenoxy) is 1. The molecule has 16 heavy (non-hydrogen) atoms. The molecular weight excluding hydrogens is 226 g/mol. The number of rotatable bonds is 3. The van der Waals surface area contributed by atoms with Crippen LogP contribution in [-0.2, 0) is 13.7 Å². The van der Waals surface area contributed by atoms with Crippen molar-refractivity contribution in [2.24, 2.45) is 7.05 Å². The van der Waals surface area contributed by atoms with Gasteiger partial charge in [0.25, 0.3) is 0 Å². The van der Waals surface area contributed by atoms with Gasteiger partial charge in [-0.3, -0.25) is 0 Å². The van der Waals surface area contributed by atoms with Gasteiger partial charge < -0.3 is 9.30 Å². The van der Waals surface area contributed by atoms with E-state index in [1.54, 1.807) is 6.33 Å². The van der Waals surface area contributed by atoms with Crippen LogP contribution in [0.15, 0.2) is 24.5 Å². The Morgan fingerprint density at radius 2 is 2.25 bits per heavy atom. The minimum Gasteiger partial charge on any atom is -0.486 e. The lowest BCUT2D eigenvalue weighted by Crippen LogP contribution is -2.03. The van der Waals surface area contributed by atoms with Gasteiger partial charge in [0, 0.05) is 12.1 Å². The van der Waals surface area contributed by atoms with Crippen LogP contribution in [0.5, 0.6) is 5.75 Å². The highest BCUT2D eigenvalue weighted by Crippen LogP contribution is 2.21. The third kappa shape index (κ3) is 2.33. The third-order valence-corrected chi connectivity index (χ3v) is 2.73. The summed E-state index contributed by atoms with van der Waals surface area (Å²) in [5.74, 6) is 1.57. The standard InChI is InChI=1S/C11H12ClN3O/c1-8-5-9(3-4-10(8)12)16-6-11-14-13-7-15(11)2/h3-5,7H,6H2,1-2H3. The maximum absolute atomic E-state index is 5.92. The first-order valence-corrected chi connectivity index (χ1v) is 5.26. The highest BCUT2D eigenvalue weighted by atomic mass is 35.5. The molecule has 5 heteroatoms. The predicted octanol–water partition coefficient (Wildman–Crippen LogP) is 2.36. The van der Waals surface area contributed by atoms with Gasteiger partial charge in [-0.05, 0) is 30.7 Å². The summed E-state index contributed by atoms with van der Waals surface area (Å²) < 4.78 is 7.41. The van der Waals surface area contributed by atoms with Crippen LogP contribution >= 0.6 is 11.6 Å². The van der Waals surface area contributed by atoms with Crippen LogP contribution in [0, 0.1) is 6.92 Å². The zero-order valence-electron chi connectivity index (χ0n) is 9.14.